The van der Waals surface area contributed by atoms with Crippen LogP contribution in [0.3, 0.4) is 0 Å². The maximum atomic E-state index is 3.55. The van der Waals surface area contributed by atoms with Crippen molar-refractivity contribution in [3.05, 3.63) is 56.8 Å². The van der Waals surface area contributed by atoms with Crippen LogP contribution in [0.1, 0.15) is 33.4 Å². The molecule has 2 nitrogen and oxygen atoms in total. The Balaban J connectivity index is 1.55. The molecule has 0 fully saturated rings. The summed E-state index contributed by atoms with van der Waals surface area (Å²) in [6.07, 6.45) is 2.31. The number of hydrogen-bond acceptors (Lipinski definition) is 3. The largest absolute Gasteiger partial charge is 0.312 e. The lowest BCUT2D eigenvalue weighted by Crippen LogP contribution is -2.24. The van der Waals surface area contributed by atoms with E-state index in [2.05, 4.69) is 47.9 Å². The van der Waals surface area contributed by atoms with Gasteiger partial charge in [0.2, 0.25) is 0 Å². The molecule has 2 heterocycles. The summed E-state index contributed by atoms with van der Waals surface area (Å²) in [6, 6.07) is 11.4. The first-order valence-electron chi connectivity index (χ1n) is 7.45. The van der Waals surface area contributed by atoms with Gasteiger partial charge in [-0.1, -0.05) is 25.1 Å². The van der Waals surface area contributed by atoms with Crippen molar-refractivity contribution >= 4 is 11.3 Å². The van der Waals surface area contributed by atoms with Crippen molar-refractivity contribution in [2.24, 2.45) is 0 Å². The number of hydrogen-bond donors (Lipinski definition) is 2. The van der Waals surface area contributed by atoms with Gasteiger partial charge in [-0.05, 0) is 48.2 Å². The highest BCUT2D eigenvalue weighted by Crippen LogP contribution is 2.18. The van der Waals surface area contributed by atoms with E-state index in [4.69, 9.17) is 0 Å². The van der Waals surface area contributed by atoms with E-state index in [0.29, 0.717) is 0 Å². The normalized spacial score (nSPS) is 14.2. The van der Waals surface area contributed by atoms with Crippen molar-refractivity contribution in [3.8, 4) is 0 Å². The zero-order valence-corrected chi connectivity index (χ0v) is 12.9. The molecule has 0 amide bonds. The lowest BCUT2D eigenvalue weighted by Gasteiger charge is -2.18. The van der Waals surface area contributed by atoms with E-state index in [0.717, 1.165) is 39.0 Å². The molecule has 1 aliphatic heterocycles. The molecule has 0 saturated carbocycles. The van der Waals surface area contributed by atoms with E-state index in [1.807, 2.05) is 11.3 Å². The van der Waals surface area contributed by atoms with Gasteiger partial charge in [-0.25, -0.2) is 0 Å². The summed E-state index contributed by atoms with van der Waals surface area (Å²) >= 11 is 1.92. The van der Waals surface area contributed by atoms with Crippen LogP contribution in [-0.2, 0) is 32.5 Å². The predicted octanol–water partition coefficient (Wildman–Crippen LogP) is 3.25. The second kappa shape index (κ2) is 6.53. The molecule has 106 valence electrons. The first-order chi connectivity index (χ1) is 9.85. The third-order valence-corrected chi connectivity index (χ3v) is 5.08. The zero-order chi connectivity index (χ0) is 13.8. The molecule has 0 radical (unpaired) electrons. The second-order valence-electron chi connectivity index (χ2n) is 5.35. The molecular formula is C17H22N2S. The van der Waals surface area contributed by atoms with Crippen LogP contribution in [0.2, 0.25) is 0 Å². The Morgan fingerprint density at radius 3 is 2.85 bits per heavy atom. The molecule has 0 bridgehead atoms. The van der Waals surface area contributed by atoms with Crippen molar-refractivity contribution in [2.45, 2.75) is 39.4 Å². The summed E-state index contributed by atoms with van der Waals surface area (Å²) in [5.41, 5.74) is 4.37. The van der Waals surface area contributed by atoms with E-state index < -0.39 is 0 Å². The van der Waals surface area contributed by atoms with Crippen LogP contribution in [-0.4, -0.2) is 6.54 Å². The van der Waals surface area contributed by atoms with Gasteiger partial charge >= 0.3 is 0 Å². The van der Waals surface area contributed by atoms with Crippen LogP contribution in [0.15, 0.2) is 30.3 Å². The third-order valence-electron chi connectivity index (χ3n) is 3.85. The molecule has 0 unspecified atom stereocenters. The van der Waals surface area contributed by atoms with Crippen LogP contribution in [0, 0.1) is 0 Å². The zero-order valence-electron chi connectivity index (χ0n) is 12.0. The van der Waals surface area contributed by atoms with Crippen LogP contribution in [0.25, 0.3) is 0 Å². The van der Waals surface area contributed by atoms with E-state index in [1.165, 1.54) is 26.4 Å². The molecule has 1 aliphatic rings. The number of thiophene rings is 1. The van der Waals surface area contributed by atoms with Crippen molar-refractivity contribution in [1.29, 1.82) is 0 Å². The molecule has 2 aromatic rings. The fraction of sp³-hybridized carbons (Fsp3) is 0.412. The van der Waals surface area contributed by atoms with Crippen molar-refractivity contribution in [1.82, 2.24) is 10.6 Å². The Hall–Kier alpha value is -1.16. The Labute approximate surface area is 125 Å². The number of fused-ring (bicyclic) bond motifs is 1. The SMILES string of the molecule is CCc1ccc(CNCc2ccc3c(c2)CNCC3)s1. The quantitative estimate of drug-likeness (QED) is 0.881. The molecule has 3 rings (SSSR count). The van der Waals surface area contributed by atoms with Gasteiger partial charge in [-0.15, -0.1) is 11.3 Å². The lowest BCUT2D eigenvalue weighted by molar-refractivity contribution is 0.639. The van der Waals surface area contributed by atoms with E-state index in [1.54, 1.807) is 0 Å². The molecule has 0 aliphatic carbocycles. The lowest BCUT2D eigenvalue weighted by atomic mass is 9.98. The average molecular weight is 286 g/mol. The van der Waals surface area contributed by atoms with Gasteiger partial charge in [-0.2, -0.15) is 0 Å². The number of aryl methyl sites for hydroxylation is 1. The Kier molecular flexibility index (Phi) is 4.51. The van der Waals surface area contributed by atoms with Gasteiger partial charge < -0.3 is 10.6 Å². The van der Waals surface area contributed by atoms with Gasteiger partial charge in [0.1, 0.15) is 0 Å². The van der Waals surface area contributed by atoms with Gasteiger partial charge in [-0.3, -0.25) is 0 Å². The summed E-state index contributed by atoms with van der Waals surface area (Å²) in [6.45, 7) is 6.27. The predicted molar refractivity (Wildman–Crippen MR) is 86.1 cm³/mol. The highest BCUT2D eigenvalue weighted by molar-refractivity contribution is 7.11. The maximum Gasteiger partial charge on any atom is 0.0303 e. The van der Waals surface area contributed by atoms with Crippen LogP contribution >= 0.6 is 11.3 Å². The molecule has 1 aromatic carbocycles. The van der Waals surface area contributed by atoms with Gasteiger partial charge in [0, 0.05) is 29.4 Å². The summed E-state index contributed by atoms with van der Waals surface area (Å²) in [5, 5.41) is 6.99. The second-order valence-corrected chi connectivity index (χ2v) is 6.61. The van der Waals surface area contributed by atoms with Crippen LogP contribution in [0.5, 0.6) is 0 Å². The molecule has 0 atom stereocenters. The minimum atomic E-state index is 0.951. The van der Waals surface area contributed by atoms with Crippen molar-refractivity contribution < 1.29 is 0 Å². The smallest absolute Gasteiger partial charge is 0.0303 e. The summed E-state index contributed by atoms with van der Waals surface area (Å²) in [5.74, 6) is 0. The molecular weight excluding hydrogens is 264 g/mol. The van der Waals surface area contributed by atoms with Crippen molar-refractivity contribution in [3.63, 3.8) is 0 Å². The highest BCUT2D eigenvalue weighted by Gasteiger charge is 2.08. The fourth-order valence-corrected chi connectivity index (χ4v) is 3.61. The Bertz CT molecular complexity index is 574. The third kappa shape index (κ3) is 3.29. The standard InChI is InChI=1S/C17H22N2S/c1-2-16-5-6-17(20-16)12-19-10-13-3-4-14-7-8-18-11-15(14)9-13/h3-6,9,18-19H,2,7-8,10-12H2,1H3. The first kappa shape index (κ1) is 13.8. The van der Waals surface area contributed by atoms with E-state index in [9.17, 15) is 0 Å². The average Bonchev–Trinajstić information content (AvgIpc) is 2.95. The highest BCUT2D eigenvalue weighted by atomic mass is 32.1. The number of rotatable bonds is 5. The van der Waals surface area contributed by atoms with E-state index >= 15 is 0 Å². The monoisotopic (exact) mass is 286 g/mol. The van der Waals surface area contributed by atoms with Gasteiger partial charge in [0.15, 0.2) is 0 Å². The summed E-state index contributed by atoms with van der Waals surface area (Å²) < 4.78 is 0. The van der Waals surface area contributed by atoms with Gasteiger partial charge in [0.05, 0.1) is 0 Å². The first-order valence-corrected chi connectivity index (χ1v) is 8.26. The molecule has 2 N–H and O–H groups in total. The Morgan fingerprint density at radius 1 is 1.10 bits per heavy atom. The molecule has 20 heavy (non-hydrogen) atoms. The topological polar surface area (TPSA) is 24.1 Å². The number of benzene rings is 1. The molecule has 3 heteroatoms. The van der Waals surface area contributed by atoms with E-state index in [-0.39, 0.29) is 0 Å². The summed E-state index contributed by atoms with van der Waals surface area (Å²) in [7, 11) is 0. The molecule has 1 aromatic heterocycles. The maximum absolute atomic E-state index is 3.55. The van der Waals surface area contributed by atoms with Crippen LogP contribution < -0.4 is 10.6 Å². The van der Waals surface area contributed by atoms with Crippen molar-refractivity contribution in [2.75, 3.05) is 6.54 Å². The fourth-order valence-electron chi connectivity index (χ4n) is 2.68. The summed E-state index contributed by atoms with van der Waals surface area (Å²) in [4.78, 5) is 2.91. The molecule has 0 spiro atoms. The minimum Gasteiger partial charge on any atom is -0.312 e. The number of nitrogens with one attached hydrogen (secondary N) is 2. The Morgan fingerprint density at radius 2 is 2.00 bits per heavy atom. The van der Waals surface area contributed by atoms with Gasteiger partial charge in [0.25, 0.3) is 0 Å². The molecule has 0 saturated heterocycles. The minimum absolute atomic E-state index is 0.951. The van der Waals surface area contributed by atoms with Crippen LogP contribution in [0.4, 0.5) is 0 Å².